The Hall–Kier alpha value is -1.33. The molecule has 0 bridgehead atoms. The van der Waals surface area contributed by atoms with Crippen LogP contribution in [0.4, 0.5) is 5.69 Å². The number of benzene rings is 1. The minimum absolute atomic E-state index is 0.0780. The van der Waals surface area contributed by atoms with Crippen molar-refractivity contribution < 1.29 is 4.79 Å². The Morgan fingerprint density at radius 1 is 1.50 bits per heavy atom. The topological polar surface area (TPSA) is 67.2 Å². The second kappa shape index (κ2) is 7.18. The van der Waals surface area contributed by atoms with E-state index in [4.69, 9.17) is 29.6 Å². The van der Waals surface area contributed by atoms with Gasteiger partial charge in [0, 0.05) is 12.2 Å². The van der Waals surface area contributed by atoms with Gasteiger partial charge in [-0.3, -0.25) is 4.79 Å². The number of amides is 1. The maximum atomic E-state index is 11.5. The number of hydrogen-bond donors (Lipinski definition) is 3. The van der Waals surface area contributed by atoms with E-state index in [2.05, 4.69) is 10.6 Å². The van der Waals surface area contributed by atoms with Crippen LogP contribution in [-0.2, 0) is 4.79 Å². The van der Waals surface area contributed by atoms with Crippen LogP contribution in [-0.4, -0.2) is 24.0 Å². The van der Waals surface area contributed by atoms with Gasteiger partial charge in [0.05, 0.1) is 17.1 Å². The van der Waals surface area contributed by atoms with Gasteiger partial charge in [-0.2, -0.15) is 0 Å². The second-order valence-corrected chi connectivity index (χ2v) is 4.58. The Balaban J connectivity index is 2.70. The van der Waals surface area contributed by atoms with E-state index in [0.29, 0.717) is 22.8 Å². The first-order chi connectivity index (χ1) is 8.56. The summed E-state index contributed by atoms with van der Waals surface area (Å²) in [5.74, 6) is -0.0780. The third kappa shape index (κ3) is 4.16. The van der Waals surface area contributed by atoms with Gasteiger partial charge in [0.15, 0.2) is 0 Å². The average Bonchev–Trinajstić information content (AvgIpc) is 2.33. The standard InChI is InChI=1S/C12H16ClN3OS/c1-2-6-15-10(17)7-16-9-5-3-4-8(13)11(9)12(14)18/h3-5,16H,2,6-7H2,1H3,(H2,14,18)(H,15,17). The van der Waals surface area contributed by atoms with Crippen molar-refractivity contribution in [2.24, 2.45) is 5.73 Å². The van der Waals surface area contributed by atoms with Crippen LogP contribution in [0.5, 0.6) is 0 Å². The number of thiocarbonyl (C=S) groups is 1. The van der Waals surface area contributed by atoms with Gasteiger partial charge in [-0.15, -0.1) is 0 Å². The predicted octanol–water partition coefficient (Wildman–Crippen LogP) is 1.91. The molecule has 0 aliphatic carbocycles. The largest absolute Gasteiger partial charge is 0.389 e. The van der Waals surface area contributed by atoms with E-state index in [1.807, 2.05) is 6.92 Å². The summed E-state index contributed by atoms with van der Waals surface area (Å²) in [5.41, 5.74) is 6.84. The Kier molecular flexibility index (Phi) is 5.88. The molecule has 18 heavy (non-hydrogen) atoms. The zero-order chi connectivity index (χ0) is 13.5. The fourth-order valence-electron chi connectivity index (χ4n) is 1.42. The molecule has 1 aromatic rings. The summed E-state index contributed by atoms with van der Waals surface area (Å²) >= 11 is 11.0. The number of rotatable bonds is 6. The Bertz CT molecular complexity index is 451. The molecule has 0 radical (unpaired) electrons. The fraction of sp³-hybridized carbons (Fsp3) is 0.333. The highest BCUT2D eigenvalue weighted by molar-refractivity contribution is 7.80. The van der Waals surface area contributed by atoms with Gasteiger partial charge in [0.25, 0.3) is 0 Å². The zero-order valence-corrected chi connectivity index (χ0v) is 11.7. The third-order valence-corrected chi connectivity index (χ3v) is 2.79. The SMILES string of the molecule is CCCNC(=O)CNc1cccc(Cl)c1C(N)=S. The Morgan fingerprint density at radius 3 is 2.83 bits per heavy atom. The molecule has 0 spiro atoms. The molecule has 1 rings (SSSR count). The molecule has 6 heteroatoms. The van der Waals surface area contributed by atoms with Crippen LogP contribution in [0.15, 0.2) is 18.2 Å². The Morgan fingerprint density at radius 2 is 2.22 bits per heavy atom. The van der Waals surface area contributed by atoms with Crippen LogP contribution in [0.1, 0.15) is 18.9 Å². The van der Waals surface area contributed by atoms with Gasteiger partial charge in [-0.1, -0.05) is 36.8 Å². The van der Waals surface area contributed by atoms with Gasteiger partial charge >= 0.3 is 0 Å². The number of nitrogens with one attached hydrogen (secondary N) is 2. The van der Waals surface area contributed by atoms with Crippen LogP contribution in [0.3, 0.4) is 0 Å². The highest BCUT2D eigenvalue weighted by atomic mass is 35.5. The predicted molar refractivity (Wildman–Crippen MR) is 79.1 cm³/mol. The van der Waals surface area contributed by atoms with Crippen LogP contribution in [0, 0.1) is 0 Å². The van der Waals surface area contributed by atoms with Gasteiger partial charge in [0.1, 0.15) is 4.99 Å². The van der Waals surface area contributed by atoms with Gasteiger partial charge in [-0.25, -0.2) is 0 Å². The average molecular weight is 286 g/mol. The molecular formula is C12H16ClN3OS. The van der Waals surface area contributed by atoms with Crippen molar-refractivity contribution in [1.82, 2.24) is 5.32 Å². The Labute approximate surface area is 117 Å². The van der Waals surface area contributed by atoms with Gasteiger partial charge < -0.3 is 16.4 Å². The van der Waals surface area contributed by atoms with E-state index in [1.165, 1.54) is 0 Å². The summed E-state index contributed by atoms with van der Waals surface area (Å²) in [6.45, 7) is 2.82. The number of carbonyl (C=O) groups excluding carboxylic acids is 1. The molecular weight excluding hydrogens is 270 g/mol. The number of nitrogens with two attached hydrogens (primary N) is 1. The summed E-state index contributed by atoms with van der Waals surface area (Å²) in [7, 11) is 0. The molecule has 4 nitrogen and oxygen atoms in total. The first kappa shape index (κ1) is 14.7. The van der Waals surface area contributed by atoms with Crippen molar-refractivity contribution in [1.29, 1.82) is 0 Å². The van der Waals surface area contributed by atoms with Gasteiger partial charge in [-0.05, 0) is 18.6 Å². The lowest BCUT2D eigenvalue weighted by Crippen LogP contribution is -2.30. The van der Waals surface area contributed by atoms with E-state index in [1.54, 1.807) is 18.2 Å². The summed E-state index contributed by atoms with van der Waals surface area (Å²) in [5, 5.41) is 6.22. The van der Waals surface area contributed by atoms with E-state index < -0.39 is 0 Å². The molecule has 0 saturated heterocycles. The molecule has 1 aromatic carbocycles. The molecule has 4 N–H and O–H groups in total. The van der Waals surface area contributed by atoms with E-state index in [-0.39, 0.29) is 17.4 Å². The van der Waals surface area contributed by atoms with Crippen molar-refractivity contribution in [2.45, 2.75) is 13.3 Å². The summed E-state index contributed by atoms with van der Waals surface area (Å²) in [6, 6.07) is 5.27. The molecule has 0 aliphatic rings. The lowest BCUT2D eigenvalue weighted by molar-refractivity contribution is -0.119. The zero-order valence-electron chi connectivity index (χ0n) is 10.1. The van der Waals surface area contributed by atoms with Crippen LogP contribution in [0.2, 0.25) is 5.02 Å². The lowest BCUT2D eigenvalue weighted by Gasteiger charge is -2.12. The van der Waals surface area contributed by atoms with E-state index in [9.17, 15) is 4.79 Å². The first-order valence-electron chi connectivity index (χ1n) is 5.65. The molecule has 0 atom stereocenters. The normalized spacial score (nSPS) is 9.89. The molecule has 0 aromatic heterocycles. The number of anilines is 1. The van der Waals surface area contributed by atoms with Gasteiger partial charge in [0.2, 0.25) is 5.91 Å². The van der Waals surface area contributed by atoms with Crippen LogP contribution in [0.25, 0.3) is 0 Å². The summed E-state index contributed by atoms with van der Waals surface area (Å²) in [4.78, 5) is 11.7. The van der Waals surface area contributed by atoms with Crippen molar-refractivity contribution in [2.75, 3.05) is 18.4 Å². The van der Waals surface area contributed by atoms with Crippen LogP contribution >= 0.6 is 23.8 Å². The molecule has 0 fully saturated rings. The van der Waals surface area contributed by atoms with Crippen LogP contribution < -0.4 is 16.4 Å². The monoisotopic (exact) mass is 285 g/mol. The van der Waals surface area contributed by atoms with Crippen molar-refractivity contribution in [3.05, 3.63) is 28.8 Å². The highest BCUT2D eigenvalue weighted by Gasteiger charge is 2.10. The molecule has 0 unspecified atom stereocenters. The minimum atomic E-state index is -0.0780. The molecule has 0 heterocycles. The quantitative estimate of drug-likeness (QED) is 0.699. The maximum Gasteiger partial charge on any atom is 0.239 e. The maximum absolute atomic E-state index is 11.5. The first-order valence-corrected chi connectivity index (χ1v) is 6.43. The smallest absolute Gasteiger partial charge is 0.239 e. The number of hydrogen-bond acceptors (Lipinski definition) is 3. The minimum Gasteiger partial charge on any atom is -0.389 e. The summed E-state index contributed by atoms with van der Waals surface area (Å²) in [6.07, 6.45) is 0.904. The number of carbonyl (C=O) groups is 1. The molecule has 0 aliphatic heterocycles. The van der Waals surface area contributed by atoms with E-state index >= 15 is 0 Å². The third-order valence-electron chi connectivity index (χ3n) is 2.27. The summed E-state index contributed by atoms with van der Waals surface area (Å²) < 4.78 is 0. The lowest BCUT2D eigenvalue weighted by atomic mass is 10.1. The molecule has 1 amide bonds. The van der Waals surface area contributed by atoms with Crippen molar-refractivity contribution in [3.8, 4) is 0 Å². The number of halogens is 1. The second-order valence-electron chi connectivity index (χ2n) is 3.73. The van der Waals surface area contributed by atoms with Crippen molar-refractivity contribution >= 4 is 40.4 Å². The van der Waals surface area contributed by atoms with E-state index in [0.717, 1.165) is 6.42 Å². The van der Waals surface area contributed by atoms with Crippen molar-refractivity contribution in [3.63, 3.8) is 0 Å². The molecule has 0 saturated carbocycles. The molecule has 98 valence electrons. The highest BCUT2D eigenvalue weighted by Crippen LogP contribution is 2.23. The fourth-order valence-corrected chi connectivity index (χ4v) is 1.98.